The van der Waals surface area contributed by atoms with Gasteiger partial charge < -0.3 is 9.84 Å². The lowest BCUT2D eigenvalue weighted by molar-refractivity contribution is -0.0397. The highest BCUT2D eigenvalue weighted by Gasteiger charge is 2.25. The highest BCUT2D eigenvalue weighted by molar-refractivity contribution is 5.24. The maximum Gasteiger partial charge on any atom is 0.102 e. The summed E-state index contributed by atoms with van der Waals surface area (Å²) in [4.78, 5) is 0. The molecule has 1 aliphatic rings. The van der Waals surface area contributed by atoms with Crippen molar-refractivity contribution < 1.29 is 9.84 Å². The Labute approximate surface area is 123 Å². The van der Waals surface area contributed by atoms with Crippen LogP contribution in [0, 0.1) is 11.8 Å². The van der Waals surface area contributed by atoms with Crippen LogP contribution in [-0.4, -0.2) is 17.8 Å². The standard InChI is InChI=1S/C18H28O2/c1-4-15-6-8-16(9-7-15)18(19)12-20-17-10-5-13(2)14(3)11-17/h6-9,13-14,17-19H,4-5,10-12H2,1-3H3. The number of benzene rings is 1. The van der Waals surface area contributed by atoms with E-state index in [9.17, 15) is 5.11 Å². The summed E-state index contributed by atoms with van der Waals surface area (Å²) in [5.74, 6) is 1.54. The van der Waals surface area contributed by atoms with Crippen molar-refractivity contribution in [2.24, 2.45) is 11.8 Å². The minimum atomic E-state index is -0.504. The van der Waals surface area contributed by atoms with E-state index in [1.807, 2.05) is 12.1 Å². The maximum absolute atomic E-state index is 10.2. The predicted molar refractivity (Wildman–Crippen MR) is 82.7 cm³/mol. The molecule has 112 valence electrons. The van der Waals surface area contributed by atoms with Gasteiger partial charge >= 0.3 is 0 Å². The molecule has 1 fully saturated rings. The van der Waals surface area contributed by atoms with Crippen LogP contribution in [-0.2, 0) is 11.2 Å². The molecule has 2 heteroatoms. The van der Waals surface area contributed by atoms with Crippen molar-refractivity contribution in [1.82, 2.24) is 0 Å². The normalized spacial score (nSPS) is 28.3. The highest BCUT2D eigenvalue weighted by Crippen LogP contribution is 2.31. The fourth-order valence-corrected chi connectivity index (χ4v) is 2.95. The molecule has 0 spiro atoms. The van der Waals surface area contributed by atoms with Gasteiger partial charge in [0.1, 0.15) is 6.10 Å². The number of aryl methyl sites for hydroxylation is 1. The summed E-state index contributed by atoms with van der Waals surface area (Å²) in [5.41, 5.74) is 2.26. The molecule has 0 radical (unpaired) electrons. The smallest absolute Gasteiger partial charge is 0.102 e. The van der Waals surface area contributed by atoms with E-state index in [4.69, 9.17) is 4.74 Å². The summed E-state index contributed by atoms with van der Waals surface area (Å²) >= 11 is 0. The molecule has 0 aliphatic heterocycles. The van der Waals surface area contributed by atoms with Crippen LogP contribution < -0.4 is 0 Å². The second-order valence-electron chi connectivity index (χ2n) is 6.33. The molecule has 0 aromatic heterocycles. The van der Waals surface area contributed by atoms with Gasteiger partial charge in [-0.2, -0.15) is 0 Å². The second-order valence-corrected chi connectivity index (χ2v) is 6.33. The molecule has 20 heavy (non-hydrogen) atoms. The summed E-state index contributed by atoms with van der Waals surface area (Å²) in [6.07, 6.45) is 4.36. The first kappa shape index (κ1) is 15.5. The third kappa shape index (κ3) is 4.07. The lowest BCUT2D eigenvalue weighted by Gasteiger charge is -2.32. The van der Waals surface area contributed by atoms with Crippen molar-refractivity contribution >= 4 is 0 Å². The van der Waals surface area contributed by atoms with E-state index in [2.05, 4.69) is 32.9 Å². The van der Waals surface area contributed by atoms with Crippen molar-refractivity contribution in [3.05, 3.63) is 35.4 Å². The van der Waals surface area contributed by atoms with Crippen LogP contribution in [0.4, 0.5) is 0 Å². The Morgan fingerprint density at radius 3 is 2.45 bits per heavy atom. The quantitative estimate of drug-likeness (QED) is 0.876. The van der Waals surface area contributed by atoms with Crippen molar-refractivity contribution in [2.75, 3.05) is 6.61 Å². The molecule has 2 rings (SSSR count). The van der Waals surface area contributed by atoms with Crippen LogP contribution in [0.1, 0.15) is 57.3 Å². The van der Waals surface area contributed by atoms with Crippen LogP contribution in [0.5, 0.6) is 0 Å². The van der Waals surface area contributed by atoms with Gasteiger partial charge in [0.15, 0.2) is 0 Å². The Hall–Kier alpha value is -0.860. The van der Waals surface area contributed by atoms with E-state index in [0.717, 1.165) is 36.7 Å². The summed E-state index contributed by atoms with van der Waals surface area (Å²) in [6.45, 7) is 7.18. The Morgan fingerprint density at radius 2 is 1.85 bits per heavy atom. The average molecular weight is 276 g/mol. The minimum absolute atomic E-state index is 0.325. The fraction of sp³-hybridized carbons (Fsp3) is 0.667. The summed E-state index contributed by atoms with van der Waals surface area (Å²) in [6, 6.07) is 8.20. The SMILES string of the molecule is CCc1ccc(C(O)COC2CCC(C)C(C)C2)cc1. The molecule has 2 nitrogen and oxygen atoms in total. The third-order valence-electron chi connectivity index (χ3n) is 4.81. The summed E-state index contributed by atoms with van der Waals surface area (Å²) < 4.78 is 5.92. The van der Waals surface area contributed by atoms with Crippen LogP contribution in [0.25, 0.3) is 0 Å². The molecule has 0 amide bonds. The van der Waals surface area contributed by atoms with Crippen molar-refractivity contribution in [1.29, 1.82) is 0 Å². The van der Waals surface area contributed by atoms with E-state index in [0.29, 0.717) is 12.7 Å². The molecule has 1 aliphatic carbocycles. The number of aliphatic hydroxyl groups excluding tert-OH is 1. The van der Waals surface area contributed by atoms with E-state index in [-0.39, 0.29) is 0 Å². The van der Waals surface area contributed by atoms with Gasteiger partial charge in [0.25, 0.3) is 0 Å². The van der Waals surface area contributed by atoms with Gasteiger partial charge in [-0.3, -0.25) is 0 Å². The van der Waals surface area contributed by atoms with Gasteiger partial charge in [-0.1, -0.05) is 45.0 Å². The summed E-state index contributed by atoms with van der Waals surface area (Å²) in [7, 11) is 0. The van der Waals surface area contributed by atoms with Crippen molar-refractivity contribution in [2.45, 2.75) is 58.7 Å². The Bertz CT molecular complexity index is 398. The van der Waals surface area contributed by atoms with Gasteiger partial charge in [-0.25, -0.2) is 0 Å². The Balaban J connectivity index is 1.81. The number of hydrogen-bond acceptors (Lipinski definition) is 2. The molecule has 0 saturated heterocycles. The molecule has 1 saturated carbocycles. The van der Waals surface area contributed by atoms with E-state index < -0.39 is 6.10 Å². The first-order valence-electron chi connectivity index (χ1n) is 7.98. The Morgan fingerprint density at radius 1 is 1.15 bits per heavy atom. The lowest BCUT2D eigenvalue weighted by Crippen LogP contribution is -2.28. The zero-order chi connectivity index (χ0) is 14.5. The van der Waals surface area contributed by atoms with Gasteiger partial charge in [0.2, 0.25) is 0 Å². The zero-order valence-electron chi connectivity index (χ0n) is 13.0. The molecular weight excluding hydrogens is 248 g/mol. The maximum atomic E-state index is 10.2. The van der Waals surface area contributed by atoms with E-state index in [1.165, 1.54) is 12.0 Å². The molecule has 0 bridgehead atoms. The molecule has 4 atom stereocenters. The molecule has 4 unspecified atom stereocenters. The molecule has 0 heterocycles. The summed E-state index contributed by atoms with van der Waals surface area (Å²) in [5, 5.41) is 10.2. The Kier molecular flexibility index (Phi) is 5.62. The fourth-order valence-electron chi connectivity index (χ4n) is 2.95. The van der Waals surface area contributed by atoms with Crippen molar-refractivity contribution in [3.63, 3.8) is 0 Å². The van der Waals surface area contributed by atoms with Crippen molar-refractivity contribution in [3.8, 4) is 0 Å². The molecule has 1 aromatic carbocycles. The largest absolute Gasteiger partial charge is 0.386 e. The molecule has 1 aromatic rings. The van der Waals surface area contributed by atoms with Crippen LogP contribution in [0.3, 0.4) is 0 Å². The third-order valence-corrected chi connectivity index (χ3v) is 4.81. The predicted octanol–water partition coefficient (Wildman–Crippen LogP) is 4.12. The van der Waals surface area contributed by atoms with Gasteiger partial charge in [0, 0.05) is 0 Å². The molecular formula is C18H28O2. The van der Waals surface area contributed by atoms with Gasteiger partial charge in [0.05, 0.1) is 12.7 Å². The second kappa shape index (κ2) is 7.24. The monoisotopic (exact) mass is 276 g/mol. The number of hydrogen-bond donors (Lipinski definition) is 1. The number of ether oxygens (including phenoxy) is 1. The average Bonchev–Trinajstić information content (AvgIpc) is 2.48. The highest BCUT2D eigenvalue weighted by atomic mass is 16.5. The zero-order valence-corrected chi connectivity index (χ0v) is 13.0. The number of aliphatic hydroxyl groups is 1. The number of rotatable bonds is 5. The first-order valence-corrected chi connectivity index (χ1v) is 7.98. The van der Waals surface area contributed by atoms with Gasteiger partial charge in [-0.05, 0) is 48.6 Å². The van der Waals surface area contributed by atoms with Crippen LogP contribution >= 0.6 is 0 Å². The van der Waals surface area contributed by atoms with Crippen LogP contribution in [0.2, 0.25) is 0 Å². The van der Waals surface area contributed by atoms with Gasteiger partial charge in [-0.15, -0.1) is 0 Å². The first-order chi connectivity index (χ1) is 9.60. The topological polar surface area (TPSA) is 29.5 Å². The van der Waals surface area contributed by atoms with E-state index in [1.54, 1.807) is 0 Å². The lowest BCUT2D eigenvalue weighted by atomic mass is 9.80. The minimum Gasteiger partial charge on any atom is -0.386 e. The van der Waals surface area contributed by atoms with Crippen LogP contribution in [0.15, 0.2) is 24.3 Å². The molecule has 1 N–H and O–H groups in total. The van der Waals surface area contributed by atoms with E-state index >= 15 is 0 Å².